The zero-order chi connectivity index (χ0) is 25.3. The van der Waals surface area contributed by atoms with Crippen LogP contribution in [0.1, 0.15) is 16.7 Å². The molecule has 3 aromatic carbocycles. The van der Waals surface area contributed by atoms with Crippen LogP contribution in [0.4, 0.5) is 0 Å². The van der Waals surface area contributed by atoms with Gasteiger partial charge in [0.05, 0.1) is 23.5 Å². The number of hydrazone groups is 1. The Kier molecular flexibility index (Phi) is 9.10. The van der Waals surface area contributed by atoms with Gasteiger partial charge in [0, 0.05) is 5.56 Å². The number of amides is 1. The van der Waals surface area contributed by atoms with Crippen molar-refractivity contribution in [3.63, 3.8) is 0 Å². The number of hydrogen-bond donors (Lipinski definition) is 1. The first-order valence-electron chi connectivity index (χ1n) is 10.9. The third kappa shape index (κ3) is 7.16. The molecule has 0 atom stereocenters. The zero-order valence-corrected chi connectivity index (χ0v) is 22.8. The molecular weight excluding hydrogens is 560 g/mol. The molecule has 10 heteroatoms. The topological polar surface area (TPSA) is 85.7 Å². The minimum absolute atomic E-state index is 0.180. The van der Waals surface area contributed by atoms with E-state index in [0.717, 1.165) is 30.5 Å². The number of hydrogen-bond acceptors (Lipinski definition) is 8. The van der Waals surface area contributed by atoms with E-state index < -0.39 is 0 Å². The number of thioether (sulfide) groups is 1. The van der Waals surface area contributed by atoms with Crippen molar-refractivity contribution in [3.05, 3.63) is 87.9 Å². The molecule has 184 valence electrons. The second-order valence-corrected chi connectivity index (χ2v) is 10.7. The van der Waals surface area contributed by atoms with E-state index in [1.165, 1.54) is 28.7 Å². The number of carbonyl (C=O) groups is 1. The van der Waals surface area contributed by atoms with Crippen molar-refractivity contribution in [1.29, 1.82) is 0 Å². The monoisotopic (exact) mass is 582 g/mol. The summed E-state index contributed by atoms with van der Waals surface area (Å²) in [6.07, 6.45) is 1.55. The summed E-state index contributed by atoms with van der Waals surface area (Å²) in [7, 11) is 1.58. The lowest BCUT2D eigenvalue weighted by Crippen LogP contribution is -2.19. The van der Waals surface area contributed by atoms with E-state index in [0.29, 0.717) is 18.1 Å². The molecule has 0 saturated heterocycles. The second kappa shape index (κ2) is 12.7. The average Bonchev–Trinajstić information content (AvgIpc) is 3.37. The van der Waals surface area contributed by atoms with Crippen LogP contribution in [0.5, 0.6) is 11.5 Å². The minimum Gasteiger partial charge on any atom is -0.493 e. The maximum atomic E-state index is 12.2. The van der Waals surface area contributed by atoms with Gasteiger partial charge in [-0.1, -0.05) is 83.3 Å². The summed E-state index contributed by atoms with van der Waals surface area (Å²) >= 11 is 6.32. The number of aryl methyl sites for hydroxylation is 1. The van der Waals surface area contributed by atoms with E-state index >= 15 is 0 Å². The van der Waals surface area contributed by atoms with Crippen molar-refractivity contribution >= 4 is 51.2 Å². The fraction of sp³-hybridized carbons (Fsp3) is 0.154. The molecule has 4 rings (SSSR count). The number of nitrogens with one attached hydrogen (secondary N) is 1. The van der Waals surface area contributed by atoms with Crippen LogP contribution in [0.15, 0.2) is 80.6 Å². The molecule has 1 heterocycles. The van der Waals surface area contributed by atoms with E-state index in [-0.39, 0.29) is 11.7 Å². The molecule has 0 spiro atoms. The molecule has 4 aromatic rings. The van der Waals surface area contributed by atoms with Gasteiger partial charge < -0.3 is 9.47 Å². The quantitative estimate of drug-likeness (QED) is 0.138. The maximum Gasteiger partial charge on any atom is 0.250 e. The number of benzene rings is 3. The lowest BCUT2D eigenvalue weighted by molar-refractivity contribution is -0.118. The largest absolute Gasteiger partial charge is 0.493 e. The van der Waals surface area contributed by atoms with Gasteiger partial charge in [0.1, 0.15) is 11.6 Å². The molecule has 0 unspecified atom stereocenters. The van der Waals surface area contributed by atoms with Crippen LogP contribution in [0, 0.1) is 6.92 Å². The van der Waals surface area contributed by atoms with Crippen molar-refractivity contribution in [2.75, 3.05) is 12.9 Å². The summed E-state index contributed by atoms with van der Waals surface area (Å²) in [5.41, 5.74) is 6.55. The minimum atomic E-state index is -0.239. The molecule has 1 amide bonds. The highest BCUT2D eigenvalue weighted by Crippen LogP contribution is 2.37. The normalized spacial score (nSPS) is 11.0. The fourth-order valence-corrected chi connectivity index (χ4v) is 5.32. The fourth-order valence-electron chi connectivity index (χ4n) is 3.10. The van der Waals surface area contributed by atoms with Crippen LogP contribution in [-0.2, 0) is 11.4 Å². The van der Waals surface area contributed by atoms with Crippen LogP contribution >= 0.6 is 39.0 Å². The lowest BCUT2D eigenvalue weighted by Gasteiger charge is -2.13. The standard InChI is InChI=1S/C26H23BrN4O3S2/c1-17-8-10-18(11-9-17)15-34-24-21(27)12-19(13-22(24)33-2)14-28-29-23(32)16-35-26-31-30-25(36-26)20-6-4-3-5-7-20/h3-14H,15-16H2,1-2H3,(H,29,32). The summed E-state index contributed by atoms with van der Waals surface area (Å²) in [5.74, 6) is 1.10. The Labute approximate surface area is 226 Å². The Morgan fingerprint density at radius 1 is 1.14 bits per heavy atom. The van der Waals surface area contributed by atoms with Crippen molar-refractivity contribution in [2.24, 2.45) is 5.10 Å². The first kappa shape index (κ1) is 25.9. The van der Waals surface area contributed by atoms with Gasteiger partial charge >= 0.3 is 0 Å². The summed E-state index contributed by atoms with van der Waals surface area (Å²) < 4.78 is 12.9. The number of methoxy groups -OCH3 is 1. The summed E-state index contributed by atoms with van der Waals surface area (Å²) in [5, 5.41) is 13.2. The van der Waals surface area contributed by atoms with Crippen LogP contribution in [0.2, 0.25) is 0 Å². The van der Waals surface area contributed by atoms with Crippen LogP contribution in [-0.4, -0.2) is 35.2 Å². The highest BCUT2D eigenvalue weighted by molar-refractivity contribution is 9.10. The molecule has 1 aromatic heterocycles. The number of carbonyl (C=O) groups excluding carboxylic acids is 1. The van der Waals surface area contributed by atoms with Gasteiger partial charge in [-0.15, -0.1) is 10.2 Å². The van der Waals surface area contributed by atoms with Gasteiger partial charge in [0.25, 0.3) is 5.91 Å². The van der Waals surface area contributed by atoms with Gasteiger partial charge in [-0.25, -0.2) is 5.43 Å². The molecule has 0 aliphatic rings. The van der Waals surface area contributed by atoms with Gasteiger partial charge in [-0.2, -0.15) is 5.10 Å². The maximum absolute atomic E-state index is 12.2. The predicted molar refractivity (Wildman–Crippen MR) is 148 cm³/mol. The number of nitrogens with zero attached hydrogens (tertiary/aromatic N) is 3. The van der Waals surface area contributed by atoms with Crippen molar-refractivity contribution < 1.29 is 14.3 Å². The third-order valence-corrected chi connectivity index (χ3v) is 7.61. The Bertz CT molecular complexity index is 1350. The number of halogens is 1. The molecule has 0 aliphatic carbocycles. The molecule has 0 fully saturated rings. The number of rotatable bonds is 10. The molecule has 0 bridgehead atoms. The Morgan fingerprint density at radius 2 is 1.92 bits per heavy atom. The van der Waals surface area contributed by atoms with Crippen LogP contribution in [0.3, 0.4) is 0 Å². The molecule has 0 aliphatic heterocycles. The average molecular weight is 584 g/mol. The van der Waals surface area contributed by atoms with E-state index in [4.69, 9.17) is 9.47 Å². The van der Waals surface area contributed by atoms with Gasteiger partial charge in [-0.05, 0) is 46.1 Å². The first-order valence-corrected chi connectivity index (χ1v) is 13.5. The van der Waals surface area contributed by atoms with Crippen molar-refractivity contribution in [3.8, 4) is 22.1 Å². The van der Waals surface area contributed by atoms with Crippen molar-refractivity contribution in [1.82, 2.24) is 15.6 Å². The van der Waals surface area contributed by atoms with E-state index in [1.54, 1.807) is 19.4 Å². The SMILES string of the molecule is COc1cc(C=NNC(=O)CSc2nnc(-c3ccccc3)s2)cc(Br)c1OCc1ccc(C)cc1. The van der Waals surface area contributed by atoms with Crippen LogP contribution < -0.4 is 14.9 Å². The van der Waals surface area contributed by atoms with E-state index in [9.17, 15) is 4.79 Å². The second-order valence-electron chi connectivity index (χ2n) is 7.63. The molecular formula is C26H23BrN4O3S2. The van der Waals surface area contributed by atoms with Gasteiger partial charge in [0.15, 0.2) is 15.8 Å². The molecule has 36 heavy (non-hydrogen) atoms. The molecule has 0 saturated carbocycles. The number of aromatic nitrogens is 2. The first-order chi connectivity index (χ1) is 17.5. The Morgan fingerprint density at radius 3 is 2.67 bits per heavy atom. The van der Waals surface area contributed by atoms with Gasteiger partial charge in [-0.3, -0.25) is 4.79 Å². The smallest absolute Gasteiger partial charge is 0.250 e. The molecule has 1 N–H and O–H groups in total. The molecule has 7 nitrogen and oxygen atoms in total. The lowest BCUT2D eigenvalue weighted by atomic mass is 10.2. The highest BCUT2D eigenvalue weighted by Gasteiger charge is 2.12. The predicted octanol–water partition coefficient (Wildman–Crippen LogP) is 6.11. The van der Waals surface area contributed by atoms with Crippen molar-refractivity contribution in [2.45, 2.75) is 17.9 Å². The summed E-state index contributed by atoms with van der Waals surface area (Å²) in [6.45, 7) is 2.46. The summed E-state index contributed by atoms with van der Waals surface area (Å²) in [6, 6.07) is 21.6. The zero-order valence-electron chi connectivity index (χ0n) is 19.6. The number of ether oxygens (including phenoxy) is 2. The summed E-state index contributed by atoms with van der Waals surface area (Å²) in [4.78, 5) is 12.2. The molecule has 0 radical (unpaired) electrons. The third-order valence-electron chi connectivity index (χ3n) is 4.91. The van der Waals surface area contributed by atoms with Crippen LogP contribution in [0.25, 0.3) is 10.6 Å². The highest BCUT2D eigenvalue weighted by atomic mass is 79.9. The van der Waals surface area contributed by atoms with Gasteiger partial charge in [0.2, 0.25) is 0 Å². The Hall–Kier alpha value is -3.21. The van der Waals surface area contributed by atoms with E-state index in [1.807, 2.05) is 67.6 Å². The van der Waals surface area contributed by atoms with E-state index in [2.05, 4.69) is 36.7 Å². The Balaban J connectivity index is 1.30.